The molecule has 0 radical (unpaired) electrons. The van der Waals surface area contributed by atoms with E-state index in [9.17, 15) is 10.2 Å². The Balaban J connectivity index is 1.12. The first kappa shape index (κ1) is 32.2. The molecule has 4 heterocycles. The zero-order valence-electron chi connectivity index (χ0n) is 25.5. The Morgan fingerprint density at radius 3 is 1.76 bits per heavy atom. The Hall–Kier alpha value is -2.39. The molecule has 246 valence electrons. The SMILES string of the molecule is CCS[C@H]1O[C@@H]2CO[C@@H](c3ccccc3)O[C@H]2[C@H](O)[C@@H]1O[C@H]1O[C@@H]2CO[C@@H](c3ccccc3)O[C@H]2[C@H](O)[C@@H]1OCc1ccccc1. The highest BCUT2D eigenvalue weighted by Gasteiger charge is 2.55. The molecule has 0 aromatic heterocycles. The summed E-state index contributed by atoms with van der Waals surface area (Å²) in [6.45, 7) is 2.66. The summed E-state index contributed by atoms with van der Waals surface area (Å²) < 4.78 is 50.4. The summed E-state index contributed by atoms with van der Waals surface area (Å²) in [7, 11) is 0. The van der Waals surface area contributed by atoms with Gasteiger partial charge in [0, 0.05) is 11.1 Å². The van der Waals surface area contributed by atoms with Gasteiger partial charge in [-0.3, -0.25) is 0 Å². The molecule has 0 bridgehead atoms. The van der Waals surface area contributed by atoms with Gasteiger partial charge < -0.3 is 48.1 Å². The molecule has 11 heteroatoms. The van der Waals surface area contributed by atoms with Crippen LogP contribution < -0.4 is 0 Å². The minimum absolute atomic E-state index is 0.174. The number of aliphatic hydroxyl groups excluding tert-OH is 2. The van der Waals surface area contributed by atoms with E-state index in [1.54, 1.807) is 0 Å². The second kappa shape index (κ2) is 14.8. The number of hydrogen-bond donors (Lipinski definition) is 2. The molecule has 46 heavy (non-hydrogen) atoms. The van der Waals surface area contributed by atoms with Crippen molar-refractivity contribution in [2.75, 3.05) is 19.0 Å². The van der Waals surface area contributed by atoms with Gasteiger partial charge in [0.05, 0.1) is 19.8 Å². The maximum Gasteiger partial charge on any atom is 0.187 e. The fraction of sp³-hybridized carbons (Fsp3) is 0.486. The summed E-state index contributed by atoms with van der Waals surface area (Å²) in [5, 5.41) is 23.6. The Morgan fingerprint density at radius 2 is 1.20 bits per heavy atom. The minimum atomic E-state index is -1.11. The third kappa shape index (κ3) is 6.92. The van der Waals surface area contributed by atoms with Gasteiger partial charge >= 0.3 is 0 Å². The second-order valence-corrected chi connectivity index (χ2v) is 13.1. The van der Waals surface area contributed by atoms with Gasteiger partial charge in [-0.25, -0.2) is 0 Å². The van der Waals surface area contributed by atoms with E-state index in [-0.39, 0.29) is 19.8 Å². The van der Waals surface area contributed by atoms with E-state index in [0.29, 0.717) is 0 Å². The highest BCUT2D eigenvalue weighted by molar-refractivity contribution is 7.99. The second-order valence-electron chi connectivity index (χ2n) is 11.7. The van der Waals surface area contributed by atoms with Crippen molar-refractivity contribution in [2.45, 2.75) is 86.7 Å². The normalized spacial score (nSPS) is 37.6. The third-order valence-electron chi connectivity index (χ3n) is 8.67. The monoisotopic (exact) mass is 652 g/mol. The number of hydrogen-bond acceptors (Lipinski definition) is 11. The molecular weight excluding hydrogens is 612 g/mol. The van der Waals surface area contributed by atoms with Gasteiger partial charge in [0.1, 0.15) is 54.3 Å². The average Bonchev–Trinajstić information content (AvgIpc) is 3.11. The van der Waals surface area contributed by atoms with E-state index in [2.05, 4.69) is 0 Å². The van der Waals surface area contributed by atoms with Gasteiger partial charge in [0.25, 0.3) is 0 Å². The first-order chi connectivity index (χ1) is 22.6. The van der Waals surface area contributed by atoms with Gasteiger partial charge in [-0.15, -0.1) is 11.8 Å². The molecule has 10 nitrogen and oxygen atoms in total. The largest absolute Gasteiger partial charge is 0.387 e. The molecule has 3 aromatic rings. The summed E-state index contributed by atoms with van der Waals surface area (Å²) in [4.78, 5) is 0. The van der Waals surface area contributed by atoms with Crippen molar-refractivity contribution in [3.8, 4) is 0 Å². The van der Waals surface area contributed by atoms with Crippen LogP contribution in [-0.2, 0) is 44.5 Å². The van der Waals surface area contributed by atoms with E-state index >= 15 is 0 Å². The molecule has 2 N–H and O–H groups in total. The van der Waals surface area contributed by atoms with Crippen LogP contribution in [0.2, 0.25) is 0 Å². The van der Waals surface area contributed by atoms with E-state index in [4.69, 9.17) is 37.9 Å². The lowest BCUT2D eigenvalue weighted by atomic mass is 9.96. The van der Waals surface area contributed by atoms with Crippen molar-refractivity contribution in [2.24, 2.45) is 0 Å². The van der Waals surface area contributed by atoms with Gasteiger partial charge in [0.15, 0.2) is 18.9 Å². The van der Waals surface area contributed by atoms with Crippen LogP contribution in [0.1, 0.15) is 36.2 Å². The lowest BCUT2D eigenvalue weighted by Crippen LogP contribution is -2.66. The van der Waals surface area contributed by atoms with Gasteiger partial charge in [-0.2, -0.15) is 0 Å². The van der Waals surface area contributed by atoms with E-state index in [1.807, 2.05) is 97.9 Å². The van der Waals surface area contributed by atoms with Gasteiger partial charge in [-0.1, -0.05) is 97.9 Å². The average molecular weight is 653 g/mol. The van der Waals surface area contributed by atoms with Crippen molar-refractivity contribution in [3.05, 3.63) is 108 Å². The van der Waals surface area contributed by atoms with Crippen molar-refractivity contribution >= 4 is 11.8 Å². The van der Waals surface area contributed by atoms with Gasteiger partial charge in [-0.05, 0) is 11.3 Å². The van der Waals surface area contributed by atoms with Crippen LogP contribution in [0.15, 0.2) is 91.0 Å². The number of benzene rings is 3. The topological polar surface area (TPSA) is 114 Å². The Labute approximate surface area is 272 Å². The zero-order chi connectivity index (χ0) is 31.5. The maximum atomic E-state index is 11.8. The summed E-state index contributed by atoms with van der Waals surface area (Å²) in [5.41, 5.74) is 2.07. The minimum Gasteiger partial charge on any atom is -0.387 e. The molecule has 0 unspecified atom stereocenters. The highest BCUT2D eigenvalue weighted by atomic mass is 32.2. The maximum absolute atomic E-state index is 11.8. The molecular formula is C35H40O10S. The summed E-state index contributed by atoms with van der Waals surface area (Å²) in [6.07, 6.45) is -8.94. The van der Waals surface area contributed by atoms with Crippen LogP contribution in [0.25, 0.3) is 0 Å². The number of fused-ring (bicyclic) bond motifs is 2. The van der Waals surface area contributed by atoms with Crippen LogP contribution in [0, 0.1) is 0 Å². The number of ether oxygens (including phenoxy) is 8. The Kier molecular flexibility index (Phi) is 10.3. The van der Waals surface area contributed by atoms with Crippen molar-refractivity contribution in [3.63, 3.8) is 0 Å². The van der Waals surface area contributed by atoms with Crippen molar-refractivity contribution < 1.29 is 48.1 Å². The molecule has 0 spiro atoms. The zero-order valence-corrected chi connectivity index (χ0v) is 26.3. The highest BCUT2D eigenvalue weighted by Crippen LogP contribution is 2.41. The predicted octanol–water partition coefficient (Wildman–Crippen LogP) is 4.11. The van der Waals surface area contributed by atoms with Gasteiger partial charge in [0.2, 0.25) is 0 Å². The first-order valence-electron chi connectivity index (χ1n) is 15.8. The van der Waals surface area contributed by atoms with Crippen LogP contribution in [0.4, 0.5) is 0 Å². The van der Waals surface area contributed by atoms with E-state index in [1.165, 1.54) is 11.8 Å². The van der Waals surface area contributed by atoms with Crippen LogP contribution in [0.3, 0.4) is 0 Å². The molecule has 0 amide bonds. The quantitative estimate of drug-likeness (QED) is 0.348. The van der Waals surface area contributed by atoms with Crippen molar-refractivity contribution in [1.29, 1.82) is 0 Å². The van der Waals surface area contributed by atoms with Crippen LogP contribution in [-0.4, -0.2) is 89.7 Å². The molecule has 0 aliphatic carbocycles. The predicted molar refractivity (Wildman–Crippen MR) is 167 cm³/mol. The first-order valence-corrected chi connectivity index (χ1v) is 16.9. The van der Waals surface area contributed by atoms with E-state index in [0.717, 1.165) is 22.4 Å². The Morgan fingerprint density at radius 1 is 0.674 bits per heavy atom. The summed E-state index contributed by atoms with van der Waals surface area (Å²) in [5.74, 6) is 0.721. The molecule has 4 fully saturated rings. The molecule has 0 saturated carbocycles. The molecule has 3 aromatic carbocycles. The Bertz CT molecular complexity index is 1370. The van der Waals surface area contributed by atoms with Crippen LogP contribution in [0.5, 0.6) is 0 Å². The lowest BCUT2D eigenvalue weighted by molar-refractivity contribution is -0.387. The van der Waals surface area contributed by atoms with E-state index < -0.39 is 73.1 Å². The fourth-order valence-corrected chi connectivity index (χ4v) is 7.31. The smallest absolute Gasteiger partial charge is 0.187 e. The van der Waals surface area contributed by atoms with Crippen molar-refractivity contribution in [1.82, 2.24) is 0 Å². The summed E-state index contributed by atoms with van der Waals surface area (Å²) >= 11 is 1.51. The lowest BCUT2D eigenvalue weighted by Gasteiger charge is -2.51. The van der Waals surface area contributed by atoms with Crippen LogP contribution >= 0.6 is 11.8 Å². The molecule has 4 aliphatic heterocycles. The summed E-state index contributed by atoms with van der Waals surface area (Å²) in [6, 6.07) is 28.9. The standard InChI is InChI=1S/C35H40O10S/c1-2-46-35-31(27(37)29-25(42-35)20-40-33(44-29)23-16-10-5-11-17-23)45-34-30(38-18-21-12-6-3-7-13-21)26(36)28-24(41-34)19-39-32(43-28)22-14-8-4-9-15-22/h3-17,24-37H,2,18-20H2,1H3/t24-,25-,26+,27+,28-,29-,30+,31+,32-,33-,34-,35-/m1/s1. The molecule has 4 aliphatic rings. The molecule has 12 atom stereocenters. The molecule has 7 rings (SSSR count). The third-order valence-corrected chi connectivity index (χ3v) is 9.71. The number of aliphatic hydroxyl groups is 2. The number of rotatable bonds is 9. The fourth-order valence-electron chi connectivity index (χ4n) is 6.34. The number of thioether (sulfide) groups is 1. The molecule has 4 saturated heterocycles.